The lowest BCUT2D eigenvalue weighted by Gasteiger charge is -2.11. The van der Waals surface area contributed by atoms with E-state index in [1.54, 1.807) is 6.07 Å². The molecule has 88 valence electrons. The number of rotatable bonds is 4. The van der Waals surface area contributed by atoms with Crippen molar-refractivity contribution in [1.29, 1.82) is 5.26 Å². The van der Waals surface area contributed by atoms with Gasteiger partial charge in [0.25, 0.3) is 5.69 Å². The average Bonchev–Trinajstić information content (AvgIpc) is 3.13. The Morgan fingerprint density at radius 1 is 1.59 bits per heavy atom. The van der Waals surface area contributed by atoms with E-state index in [4.69, 9.17) is 11.0 Å². The number of nitriles is 1. The molecule has 1 aliphatic carbocycles. The highest BCUT2D eigenvalue weighted by Crippen LogP contribution is 2.33. The summed E-state index contributed by atoms with van der Waals surface area (Å²) in [7, 11) is 0. The first-order chi connectivity index (χ1) is 8.11. The van der Waals surface area contributed by atoms with Crippen LogP contribution in [0.4, 0.5) is 5.69 Å². The molecule has 0 amide bonds. The predicted octanol–water partition coefficient (Wildman–Crippen LogP) is 1.75. The van der Waals surface area contributed by atoms with E-state index in [-0.39, 0.29) is 11.7 Å². The van der Waals surface area contributed by atoms with Crippen molar-refractivity contribution in [3.05, 3.63) is 39.4 Å². The number of non-ortho nitro benzene ring substituents is 1. The van der Waals surface area contributed by atoms with E-state index < -0.39 is 4.92 Å². The monoisotopic (exact) mass is 231 g/mol. The number of hydrogen-bond donors (Lipinski definition) is 1. The van der Waals surface area contributed by atoms with E-state index in [0.717, 1.165) is 18.4 Å². The van der Waals surface area contributed by atoms with E-state index >= 15 is 0 Å². The SMILES string of the molecule is N#Cc1cc([N+](=O)[O-])ccc1CC(N)C1CC1. The fourth-order valence-corrected chi connectivity index (χ4v) is 1.91. The Kier molecular flexibility index (Phi) is 3.07. The van der Waals surface area contributed by atoms with Gasteiger partial charge in [-0.1, -0.05) is 6.07 Å². The second-order valence-electron chi connectivity index (χ2n) is 4.42. The first-order valence-corrected chi connectivity index (χ1v) is 5.55. The van der Waals surface area contributed by atoms with Crippen LogP contribution in [0.1, 0.15) is 24.0 Å². The van der Waals surface area contributed by atoms with E-state index in [1.165, 1.54) is 12.1 Å². The predicted molar refractivity (Wildman–Crippen MR) is 62.2 cm³/mol. The zero-order valence-electron chi connectivity index (χ0n) is 9.30. The molecule has 1 atom stereocenters. The molecular formula is C12H13N3O2. The zero-order valence-corrected chi connectivity index (χ0v) is 9.30. The fraction of sp³-hybridized carbons (Fsp3) is 0.417. The van der Waals surface area contributed by atoms with Gasteiger partial charge in [-0.2, -0.15) is 5.26 Å². The second-order valence-corrected chi connectivity index (χ2v) is 4.42. The third-order valence-electron chi connectivity index (χ3n) is 3.11. The van der Waals surface area contributed by atoms with Gasteiger partial charge in [0.1, 0.15) is 0 Å². The minimum absolute atomic E-state index is 0.0507. The minimum Gasteiger partial charge on any atom is -0.327 e. The number of benzene rings is 1. The van der Waals surface area contributed by atoms with E-state index in [0.29, 0.717) is 17.9 Å². The van der Waals surface area contributed by atoms with Crippen molar-refractivity contribution in [2.24, 2.45) is 11.7 Å². The molecule has 0 bridgehead atoms. The van der Waals surface area contributed by atoms with Crippen LogP contribution in [0.2, 0.25) is 0 Å². The van der Waals surface area contributed by atoms with Crippen LogP contribution in [-0.2, 0) is 6.42 Å². The van der Waals surface area contributed by atoms with Gasteiger partial charge in [0.2, 0.25) is 0 Å². The molecule has 0 spiro atoms. The fourth-order valence-electron chi connectivity index (χ4n) is 1.91. The van der Waals surface area contributed by atoms with E-state index in [9.17, 15) is 10.1 Å². The van der Waals surface area contributed by atoms with E-state index in [2.05, 4.69) is 0 Å². The van der Waals surface area contributed by atoms with Gasteiger partial charge < -0.3 is 5.73 Å². The van der Waals surface area contributed by atoms with Gasteiger partial charge in [-0.25, -0.2) is 0 Å². The highest BCUT2D eigenvalue weighted by atomic mass is 16.6. The van der Waals surface area contributed by atoms with E-state index in [1.807, 2.05) is 6.07 Å². The maximum atomic E-state index is 10.6. The molecule has 1 fully saturated rings. The van der Waals surface area contributed by atoms with Crippen LogP contribution in [0, 0.1) is 27.4 Å². The van der Waals surface area contributed by atoms with Gasteiger partial charge in [-0.05, 0) is 30.7 Å². The molecule has 2 N–H and O–H groups in total. The molecule has 5 heteroatoms. The molecule has 17 heavy (non-hydrogen) atoms. The summed E-state index contributed by atoms with van der Waals surface area (Å²) >= 11 is 0. The standard InChI is InChI=1S/C12H13N3O2/c13-7-10-5-11(15(16)17)4-3-9(10)6-12(14)8-1-2-8/h3-5,8,12H,1-2,6,14H2. The number of nitrogens with two attached hydrogens (primary N) is 1. The molecule has 1 unspecified atom stereocenters. The van der Waals surface area contributed by atoms with Crippen molar-refractivity contribution in [3.8, 4) is 6.07 Å². The normalized spacial score (nSPS) is 16.2. The molecule has 1 saturated carbocycles. The second kappa shape index (κ2) is 4.52. The lowest BCUT2D eigenvalue weighted by Crippen LogP contribution is -2.25. The molecule has 0 aliphatic heterocycles. The molecule has 1 aromatic carbocycles. The molecule has 5 nitrogen and oxygen atoms in total. The molecule has 2 rings (SSSR count). The van der Waals surface area contributed by atoms with Gasteiger partial charge in [0, 0.05) is 18.2 Å². The molecule has 1 aliphatic rings. The summed E-state index contributed by atoms with van der Waals surface area (Å²) in [6.45, 7) is 0. The Hall–Kier alpha value is -1.93. The quantitative estimate of drug-likeness (QED) is 0.631. The van der Waals surface area contributed by atoms with Crippen molar-refractivity contribution >= 4 is 5.69 Å². The first kappa shape index (κ1) is 11.6. The van der Waals surface area contributed by atoms with Gasteiger partial charge in [-0.15, -0.1) is 0 Å². The number of nitro benzene ring substituents is 1. The Morgan fingerprint density at radius 3 is 2.82 bits per heavy atom. The van der Waals surface area contributed by atoms with Crippen molar-refractivity contribution in [3.63, 3.8) is 0 Å². The number of nitro groups is 1. The maximum absolute atomic E-state index is 10.6. The maximum Gasteiger partial charge on any atom is 0.270 e. The summed E-state index contributed by atoms with van der Waals surface area (Å²) in [5.41, 5.74) is 7.10. The molecule has 0 saturated heterocycles. The van der Waals surface area contributed by atoms with Gasteiger partial charge >= 0.3 is 0 Å². The average molecular weight is 231 g/mol. The number of hydrogen-bond acceptors (Lipinski definition) is 4. The van der Waals surface area contributed by atoms with Crippen molar-refractivity contribution < 1.29 is 4.92 Å². The molecular weight excluding hydrogens is 218 g/mol. The summed E-state index contributed by atoms with van der Waals surface area (Å²) in [6.07, 6.45) is 2.91. The van der Waals surface area contributed by atoms with Crippen molar-refractivity contribution in [2.45, 2.75) is 25.3 Å². The Bertz CT molecular complexity index is 489. The topological polar surface area (TPSA) is 92.9 Å². The van der Waals surface area contributed by atoms with Crippen molar-refractivity contribution in [1.82, 2.24) is 0 Å². The van der Waals surface area contributed by atoms with Crippen LogP contribution in [0.25, 0.3) is 0 Å². The highest BCUT2D eigenvalue weighted by molar-refractivity contribution is 5.46. The summed E-state index contributed by atoms with van der Waals surface area (Å²) < 4.78 is 0. The Morgan fingerprint density at radius 2 is 2.29 bits per heavy atom. The summed E-state index contributed by atoms with van der Waals surface area (Å²) in [5, 5.41) is 19.6. The highest BCUT2D eigenvalue weighted by Gasteiger charge is 2.29. The summed E-state index contributed by atoms with van der Waals surface area (Å²) in [5.74, 6) is 0.553. The largest absolute Gasteiger partial charge is 0.327 e. The first-order valence-electron chi connectivity index (χ1n) is 5.55. The third kappa shape index (κ3) is 2.60. The molecule has 0 aromatic heterocycles. The molecule has 0 radical (unpaired) electrons. The number of nitrogens with zero attached hydrogens (tertiary/aromatic N) is 2. The summed E-state index contributed by atoms with van der Waals surface area (Å²) in [4.78, 5) is 10.1. The zero-order chi connectivity index (χ0) is 12.4. The van der Waals surface area contributed by atoms with Crippen LogP contribution in [0.3, 0.4) is 0 Å². The van der Waals surface area contributed by atoms with Crippen LogP contribution in [-0.4, -0.2) is 11.0 Å². The van der Waals surface area contributed by atoms with Crippen molar-refractivity contribution in [2.75, 3.05) is 0 Å². The summed E-state index contributed by atoms with van der Waals surface area (Å²) in [6, 6.07) is 6.43. The molecule has 1 aromatic rings. The lowest BCUT2D eigenvalue weighted by molar-refractivity contribution is -0.384. The minimum atomic E-state index is -0.495. The Balaban J connectivity index is 2.21. The van der Waals surface area contributed by atoms with Crippen LogP contribution in [0.15, 0.2) is 18.2 Å². The third-order valence-corrected chi connectivity index (χ3v) is 3.11. The van der Waals surface area contributed by atoms with Gasteiger partial charge in [0.05, 0.1) is 16.6 Å². The lowest BCUT2D eigenvalue weighted by atomic mass is 9.98. The van der Waals surface area contributed by atoms with Crippen LogP contribution >= 0.6 is 0 Å². The van der Waals surface area contributed by atoms with Gasteiger partial charge in [0.15, 0.2) is 0 Å². The van der Waals surface area contributed by atoms with Gasteiger partial charge in [-0.3, -0.25) is 10.1 Å². The van der Waals surface area contributed by atoms with Crippen LogP contribution < -0.4 is 5.73 Å². The smallest absolute Gasteiger partial charge is 0.270 e. The van der Waals surface area contributed by atoms with Crippen LogP contribution in [0.5, 0.6) is 0 Å². The molecule has 0 heterocycles. The Labute approximate surface area is 99.0 Å².